The van der Waals surface area contributed by atoms with Crippen LogP contribution in [-0.4, -0.2) is 0 Å². The van der Waals surface area contributed by atoms with E-state index < -0.39 is 24.1 Å². The van der Waals surface area contributed by atoms with Crippen LogP contribution in [0.3, 0.4) is 0 Å². The molecule has 1 aliphatic heterocycles. The van der Waals surface area contributed by atoms with Crippen molar-refractivity contribution in [2.75, 3.05) is 0 Å². The first kappa shape index (κ1) is 23.8. The number of hydrogen-bond donors (Lipinski definition) is 0. The number of hydrogen-bond acceptors (Lipinski definition) is 2. The van der Waals surface area contributed by atoms with Crippen molar-refractivity contribution in [3.8, 4) is 11.5 Å². The second kappa shape index (κ2) is 9.80. The van der Waals surface area contributed by atoms with Gasteiger partial charge in [-0.1, -0.05) is 0 Å². The van der Waals surface area contributed by atoms with Crippen LogP contribution in [-0.2, 0) is 24.1 Å². The van der Waals surface area contributed by atoms with Gasteiger partial charge in [-0.05, 0) is 0 Å². The van der Waals surface area contributed by atoms with E-state index in [0.29, 0.717) is 0 Å². The molecule has 0 saturated heterocycles. The van der Waals surface area contributed by atoms with Crippen molar-refractivity contribution >= 4 is 0 Å². The van der Waals surface area contributed by atoms with Gasteiger partial charge in [0.2, 0.25) is 0 Å². The first-order chi connectivity index (χ1) is 18.2. The maximum atomic E-state index is 14.6. The summed E-state index contributed by atoms with van der Waals surface area (Å²) in [6.45, 7) is 0. The fourth-order valence-corrected chi connectivity index (χ4v) is 8.70. The molecule has 0 saturated carbocycles. The Kier molecular flexibility index (Phi) is 6.31. The van der Waals surface area contributed by atoms with Crippen molar-refractivity contribution in [1.29, 1.82) is 0 Å². The molecule has 4 aliphatic carbocycles. The second-order valence-electron chi connectivity index (χ2n) is 11.0. The van der Waals surface area contributed by atoms with Crippen LogP contribution in [0.4, 0.5) is 8.78 Å². The Balaban J connectivity index is 1.34. The fraction of sp³-hybridized carbons (Fsp3) is 0.375. The van der Waals surface area contributed by atoms with Crippen LogP contribution in [0.25, 0.3) is 0 Å². The molecule has 0 bridgehead atoms. The van der Waals surface area contributed by atoms with Crippen LogP contribution < -0.4 is 5.63 Å². The molecule has 0 aromatic heterocycles. The number of benzene rings is 2. The third kappa shape index (κ3) is 4.32. The molecule has 2 unspecified atom stereocenters. The van der Waals surface area contributed by atoms with Gasteiger partial charge in [0.25, 0.3) is 0 Å². The summed E-state index contributed by atoms with van der Waals surface area (Å²) in [6, 6.07) is 9.88. The first-order valence-corrected chi connectivity index (χ1v) is 15.7. The zero-order chi connectivity index (χ0) is 24.9. The Morgan fingerprint density at radius 2 is 1.05 bits per heavy atom. The molecular weight excluding hydrogens is 546 g/mol. The van der Waals surface area contributed by atoms with Gasteiger partial charge in [0.1, 0.15) is 0 Å². The minimum atomic E-state index is -1.82. The quantitative estimate of drug-likeness (QED) is 0.312. The van der Waals surface area contributed by atoms with Crippen molar-refractivity contribution in [3.05, 3.63) is 105 Å². The predicted molar refractivity (Wildman–Crippen MR) is 136 cm³/mol. The number of rotatable bonds is 0. The van der Waals surface area contributed by atoms with Gasteiger partial charge in [0.05, 0.1) is 0 Å². The van der Waals surface area contributed by atoms with Gasteiger partial charge in [0.15, 0.2) is 0 Å². The predicted octanol–water partition coefficient (Wildman–Crippen LogP) is 8.92. The maximum absolute atomic E-state index is 14.6. The SMILES string of the molecule is Fc1ccc2c(c1)C1C(=CC3=C1CCCC3)CCC1=CC3=C(CCCC3)C1c1cc(F)ccc1[O][Zr][O]2. The van der Waals surface area contributed by atoms with Gasteiger partial charge in [0, 0.05) is 0 Å². The van der Waals surface area contributed by atoms with Crippen LogP contribution in [0.15, 0.2) is 82.0 Å². The molecule has 5 aliphatic rings. The Bertz CT molecular complexity index is 1290. The molecule has 2 aromatic carbocycles. The Hall–Kier alpha value is -2.26. The summed E-state index contributed by atoms with van der Waals surface area (Å²) in [7, 11) is 0. The van der Waals surface area contributed by atoms with E-state index in [0.717, 1.165) is 61.2 Å². The second-order valence-corrected chi connectivity index (χ2v) is 12.4. The summed E-state index contributed by atoms with van der Waals surface area (Å²) < 4.78 is 42.0. The molecule has 2 atom stereocenters. The summed E-state index contributed by atoms with van der Waals surface area (Å²) in [5.74, 6) is 1.20. The van der Waals surface area contributed by atoms with Crippen molar-refractivity contribution in [3.63, 3.8) is 0 Å². The van der Waals surface area contributed by atoms with E-state index in [1.807, 2.05) is 0 Å². The normalized spacial score (nSPS) is 24.7. The molecule has 5 heteroatoms. The standard InChI is InChI=1S/C32H32F2O2.Zr/c33-23-11-13-29(35)27(17-23)31-21(15-19-5-1-3-7-25(19)31)9-10-22-16-20-6-2-4-8-26(20)32(22)28-18-24(34)12-14-30(28)36;/h11-18,31-32,35-36H,1-10H2;/q;+2/p-2. The van der Waals surface area contributed by atoms with E-state index in [2.05, 4.69) is 12.2 Å². The van der Waals surface area contributed by atoms with Gasteiger partial charge in [-0.15, -0.1) is 0 Å². The van der Waals surface area contributed by atoms with E-state index in [-0.39, 0.29) is 23.5 Å². The number of fused-ring (bicyclic) bond motifs is 8. The van der Waals surface area contributed by atoms with Crippen molar-refractivity contribution in [2.45, 2.75) is 76.0 Å². The fourth-order valence-electron chi connectivity index (χ4n) is 7.24. The summed E-state index contributed by atoms with van der Waals surface area (Å²) in [4.78, 5) is 0. The van der Waals surface area contributed by atoms with Crippen LogP contribution >= 0.6 is 0 Å². The van der Waals surface area contributed by atoms with Crippen molar-refractivity contribution in [2.24, 2.45) is 0 Å². The van der Waals surface area contributed by atoms with Gasteiger partial charge in [-0.25, -0.2) is 0 Å². The molecule has 0 radical (unpaired) electrons. The molecule has 0 N–H and O–H groups in total. The summed E-state index contributed by atoms with van der Waals surface area (Å²) >= 11 is -1.82. The molecule has 0 amide bonds. The molecule has 188 valence electrons. The summed E-state index contributed by atoms with van der Waals surface area (Å²) in [6.07, 6.45) is 15.8. The van der Waals surface area contributed by atoms with Crippen LogP contribution in [0.5, 0.6) is 11.5 Å². The van der Waals surface area contributed by atoms with Gasteiger partial charge in [-0.2, -0.15) is 0 Å². The zero-order valence-corrected chi connectivity index (χ0v) is 23.4. The first-order valence-electron chi connectivity index (χ1n) is 13.7. The molecule has 37 heavy (non-hydrogen) atoms. The van der Waals surface area contributed by atoms with E-state index in [1.54, 1.807) is 24.3 Å². The van der Waals surface area contributed by atoms with E-state index in [4.69, 9.17) is 5.63 Å². The summed E-state index contributed by atoms with van der Waals surface area (Å²) in [5, 5.41) is 0. The molecule has 7 rings (SSSR count). The Labute approximate surface area is 229 Å². The number of halogens is 2. The molecule has 0 spiro atoms. The zero-order valence-electron chi connectivity index (χ0n) is 20.9. The van der Waals surface area contributed by atoms with Crippen molar-refractivity contribution < 1.29 is 38.5 Å². The molecule has 2 aromatic rings. The number of allylic oxidation sites excluding steroid dienone is 8. The van der Waals surface area contributed by atoms with Gasteiger partial charge < -0.3 is 0 Å². The molecule has 2 nitrogen and oxygen atoms in total. The Morgan fingerprint density at radius 1 is 0.595 bits per heavy atom. The molecular formula is C32H30F2O2Zr. The monoisotopic (exact) mass is 574 g/mol. The van der Waals surface area contributed by atoms with Crippen LogP contribution in [0.2, 0.25) is 0 Å². The topological polar surface area (TPSA) is 18.5 Å². The minimum absolute atomic E-state index is 0.0870. The van der Waals surface area contributed by atoms with E-state index >= 15 is 0 Å². The van der Waals surface area contributed by atoms with E-state index in [1.165, 1.54) is 71.3 Å². The van der Waals surface area contributed by atoms with Gasteiger partial charge >= 0.3 is 231 Å². The average Bonchev–Trinajstić information content (AvgIpc) is 3.46. The molecule has 1 heterocycles. The van der Waals surface area contributed by atoms with E-state index in [9.17, 15) is 8.78 Å². The van der Waals surface area contributed by atoms with Gasteiger partial charge in [-0.3, -0.25) is 0 Å². The third-order valence-corrected chi connectivity index (χ3v) is 10.3. The Morgan fingerprint density at radius 3 is 1.54 bits per heavy atom. The third-order valence-electron chi connectivity index (χ3n) is 8.84. The molecule has 0 fully saturated rings. The van der Waals surface area contributed by atoms with Crippen molar-refractivity contribution in [1.82, 2.24) is 0 Å². The summed E-state index contributed by atoms with van der Waals surface area (Å²) in [5.41, 5.74) is 10.4. The average molecular weight is 576 g/mol. The van der Waals surface area contributed by atoms with Crippen LogP contribution in [0, 0.1) is 11.6 Å². The van der Waals surface area contributed by atoms with Crippen LogP contribution in [0.1, 0.15) is 87.2 Å².